The minimum absolute atomic E-state index is 0.128. The van der Waals surface area contributed by atoms with E-state index < -0.39 is 35.2 Å². The van der Waals surface area contributed by atoms with Crippen molar-refractivity contribution in [3.8, 4) is 17.2 Å². The molecule has 0 aromatic heterocycles. The maximum Gasteiger partial charge on any atom is 0.412 e. The molecule has 0 bridgehead atoms. The number of carbonyl (C=O) groups is 5. The topological polar surface area (TPSA) is 171 Å². The van der Waals surface area contributed by atoms with E-state index in [-0.39, 0.29) is 35.0 Å². The van der Waals surface area contributed by atoms with E-state index in [0.717, 1.165) is 12.8 Å². The summed E-state index contributed by atoms with van der Waals surface area (Å²) in [4.78, 5) is 56.7. The number of hydrogen-bond donors (Lipinski definition) is 1. The van der Waals surface area contributed by atoms with Gasteiger partial charge < -0.3 is 37.9 Å². The van der Waals surface area contributed by atoms with Gasteiger partial charge in [-0.1, -0.05) is 48.7 Å². The molecular weight excluding hydrogens is 773 g/mol. The largest absolute Gasteiger partial charge is 0.494 e. The third-order valence-electron chi connectivity index (χ3n) is 6.26. The molecular formula is C40H51Cl2NO13. The Morgan fingerprint density at radius 3 is 1.55 bits per heavy atom. The Morgan fingerprint density at radius 2 is 1.11 bits per heavy atom. The van der Waals surface area contributed by atoms with Crippen LogP contribution in [0.1, 0.15) is 82.0 Å². The van der Waals surface area contributed by atoms with Gasteiger partial charge in [0, 0.05) is 5.69 Å². The molecule has 0 aliphatic heterocycles. The number of unbranched alkanes of at least 4 members (excludes halogenated alkanes) is 1. The zero-order valence-corrected chi connectivity index (χ0v) is 34.9. The van der Waals surface area contributed by atoms with Gasteiger partial charge in [-0.15, -0.1) is 0 Å². The molecule has 0 heterocycles. The van der Waals surface area contributed by atoms with Crippen molar-refractivity contribution >= 4 is 58.9 Å². The van der Waals surface area contributed by atoms with E-state index in [9.17, 15) is 24.0 Å². The average Bonchev–Trinajstić information content (AvgIpc) is 3.12. The molecule has 14 nitrogen and oxygen atoms in total. The Labute approximate surface area is 337 Å². The molecule has 0 aliphatic carbocycles. The monoisotopic (exact) mass is 823 g/mol. The van der Waals surface area contributed by atoms with Gasteiger partial charge in [-0.3, -0.25) is 5.32 Å². The Morgan fingerprint density at radius 1 is 0.625 bits per heavy atom. The predicted molar refractivity (Wildman–Crippen MR) is 211 cm³/mol. The number of hydrogen-bond acceptors (Lipinski definition) is 13. The van der Waals surface area contributed by atoms with Crippen LogP contribution in [-0.2, 0) is 33.3 Å². The zero-order chi connectivity index (χ0) is 42.5. The van der Waals surface area contributed by atoms with Crippen molar-refractivity contribution in [2.75, 3.05) is 46.5 Å². The van der Waals surface area contributed by atoms with E-state index in [0.29, 0.717) is 34.9 Å². The summed E-state index contributed by atoms with van der Waals surface area (Å²) in [6.07, 6.45) is 1.47. The van der Waals surface area contributed by atoms with Crippen LogP contribution in [0, 0.1) is 0 Å². The lowest BCUT2D eigenvalue weighted by molar-refractivity contribution is -0.157. The summed E-state index contributed by atoms with van der Waals surface area (Å²) in [6.45, 7) is 12.8. The lowest BCUT2D eigenvalue weighted by Crippen LogP contribution is -2.27. The van der Waals surface area contributed by atoms with Gasteiger partial charge in [-0.2, -0.15) is 0 Å². The van der Waals surface area contributed by atoms with E-state index in [1.165, 1.54) is 39.5 Å². The Hall–Kier alpha value is -5.21. The van der Waals surface area contributed by atoms with Crippen molar-refractivity contribution in [2.24, 2.45) is 0 Å². The third kappa shape index (κ3) is 20.5. The van der Waals surface area contributed by atoms with Gasteiger partial charge in [0.05, 0.1) is 49.1 Å². The van der Waals surface area contributed by atoms with Gasteiger partial charge in [0.1, 0.15) is 22.7 Å². The summed E-state index contributed by atoms with van der Waals surface area (Å²) in [5, 5.41) is 2.79. The summed E-state index contributed by atoms with van der Waals surface area (Å²) in [5.74, 6) is -0.568. The summed E-state index contributed by atoms with van der Waals surface area (Å²) in [6, 6.07) is 16.3. The molecule has 0 radical (unpaired) electrons. The van der Waals surface area contributed by atoms with Crippen LogP contribution in [0.2, 0.25) is 10.0 Å². The standard InChI is InChI=1S/C14H17Cl2NO5.C14H18O5.C12H16O3/c1-14(2,3)22-13(19)17-8-5-9(15)12(10(16)6-8)21-7-11(18)20-4;1-14(2,3)19-12(15)9-18-11-7-5-6-10(8-11)13(16)17-4;1-3-4-8-15-11-7-5-6-10(9-11)12(13)14-2/h5-6H,7H2,1-4H3,(H,17,19);5-8H,9H2,1-4H3;5-7,9H,3-4,8H2,1-2H3. The van der Waals surface area contributed by atoms with Crippen LogP contribution in [0.4, 0.5) is 10.5 Å². The Balaban J connectivity index is 0.000000427. The maximum absolute atomic E-state index is 11.7. The number of halogens is 2. The van der Waals surface area contributed by atoms with Crippen LogP contribution in [0.25, 0.3) is 0 Å². The van der Waals surface area contributed by atoms with Gasteiger partial charge >= 0.3 is 30.0 Å². The quantitative estimate of drug-likeness (QED) is 0.0987. The number of benzene rings is 3. The lowest BCUT2D eigenvalue weighted by atomic mass is 10.2. The van der Waals surface area contributed by atoms with Crippen LogP contribution in [-0.4, -0.2) is 82.3 Å². The number of esters is 4. The van der Waals surface area contributed by atoms with Crippen LogP contribution >= 0.6 is 23.2 Å². The first-order valence-corrected chi connectivity index (χ1v) is 18.0. The molecule has 0 saturated heterocycles. The fourth-order valence-electron chi connectivity index (χ4n) is 3.89. The SMILES string of the molecule is CCCCOc1cccc(C(=O)OC)c1.COC(=O)COc1c(Cl)cc(NC(=O)OC(C)(C)C)cc1Cl.COC(=O)c1cccc(OCC(=O)OC(C)(C)C)c1. The highest BCUT2D eigenvalue weighted by atomic mass is 35.5. The molecule has 308 valence electrons. The molecule has 16 heteroatoms. The van der Waals surface area contributed by atoms with E-state index in [1.807, 2.05) is 6.07 Å². The predicted octanol–water partition coefficient (Wildman–Crippen LogP) is 8.74. The van der Waals surface area contributed by atoms with Crippen molar-refractivity contribution in [2.45, 2.75) is 72.5 Å². The summed E-state index contributed by atoms with van der Waals surface area (Å²) < 4.78 is 39.8. The Bertz CT molecular complexity index is 1730. The van der Waals surface area contributed by atoms with E-state index in [1.54, 1.807) is 77.9 Å². The summed E-state index contributed by atoms with van der Waals surface area (Å²) >= 11 is 12.0. The number of ether oxygens (including phenoxy) is 8. The lowest BCUT2D eigenvalue weighted by Gasteiger charge is -2.20. The fourth-order valence-corrected chi connectivity index (χ4v) is 4.49. The zero-order valence-electron chi connectivity index (χ0n) is 33.4. The van der Waals surface area contributed by atoms with Gasteiger partial charge in [-0.25, -0.2) is 24.0 Å². The van der Waals surface area contributed by atoms with Crippen LogP contribution < -0.4 is 19.5 Å². The van der Waals surface area contributed by atoms with Gasteiger partial charge in [0.25, 0.3) is 0 Å². The maximum atomic E-state index is 11.7. The normalized spacial score (nSPS) is 10.5. The number of carbonyl (C=O) groups excluding carboxylic acids is 5. The molecule has 0 atom stereocenters. The summed E-state index contributed by atoms with van der Waals surface area (Å²) in [7, 11) is 3.91. The third-order valence-corrected chi connectivity index (χ3v) is 6.82. The highest BCUT2D eigenvalue weighted by Crippen LogP contribution is 2.36. The smallest absolute Gasteiger partial charge is 0.412 e. The molecule has 0 saturated carbocycles. The highest BCUT2D eigenvalue weighted by Gasteiger charge is 2.19. The van der Waals surface area contributed by atoms with Gasteiger partial charge in [0.15, 0.2) is 19.0 Å². The first kappa shape index (κ1) is 48.8. The summed E-state index contributed by atoms with van der Waals surface area (Å²) in [5.41, 5.74) is 0.0561. The number of nitrogens with one attached hydrogen (secondary N) is 1. The average molecular weight is 825 g/mol. The van der Waals surface area contributed by atoms with Crippen molar-refractivity contribution in [3.05, 3.63) is 81.8 Å². The molecule has 3 rings (SSSR count). The number of rotatable bonds is 13. The van der Waals surface area contributed by atoms with Crippen molar-refractivity contribution < 1.29 is 61.9 Å². The molecule has 1 N–H and O–H groups in total. The van der Waals surface area contributed by atoms with Gasteiger partial charge in [0.2, 0.25) is 0 Å². The fraction of sp³-hybridized carbons (Fsp3) is 0.425. The van der Waals surface area contributed by atoms with Crippen molar-refractivity contribution in [3.63, 3.8) is 0 Å². The molecule has 0 fully saturated rings. The highest BCUT2D eigenvalue weighted by molar-refractivity contribution is 6.37. The molecule has 0 aliphatic rings. The second-order valence-electron chi connectivity index (χ2n) is 13.4. The molecule has 1 amide bonds. The minimum atomic E-state index is -0.636. The van der Waals surface area contributed by atoms with Crippen LogP contribution in [0.15, 0.2) is 60.7 Å². The second kappa shape index (κ2) is 24.3. The number of anilines is 1. The van der Waals surface area contributed by atoms with Gasteiger partial charge in [-0.05, 0) is 96.5 Å². The molecule has 0 unspecified atom stereocenters. The molecule has 0 spiro atoms. The minimum Gasteiger partial charge on any atom is -0.494 e. The Kier molecular flexibility index (Phi) is 21.2. The molecule has 3 aromatic carbocycles. The van der Waals surface area contributed by atoms with E-state index >= 15 is 0 Å². The second-order valence-corrected chi connectivity index (χ2v) is 14.2. The molecule has 56 heavy (non-hydrogen) atoms. The van der Waals surface area contributed by atoms with E-state index in [2.05, 4.69) is 26.5 Å². The first-order valence-electron chi connectivity index (χ1n) is 17.2. The van der Waals surface area contributed by atoms with Crippen molar-refractivity contribution in [1.29, 1.82) is 0 Å². The number of methoxy groups -OCH3 is 3. The first-order chi connectivity index (χ1) is 26.2. The molecule has 3 aromatic rings. The van der Waals surface area contributed by atoms with E-state index in [4.69, 9.17) is 46.9 Å². The number of amides is 1. The van der Waals surface area contributed by atoms with Crippen molar-refractivity contribution in [1.82, 2.24) is 0 Å². The van der Waals surface area contributed by atoms with Crippen LogP contribution in [0.5, 0.6) is 17.2 Å². The van der Waals surface area contributed by atoms with Crippen LogP contribution in [0.3, 0.4) is 0 Å².